The third kappa shape index (κ3) is 3.69. The standard InChI is InChI=1S/C17H14ClF4N7/c1-8-9(10(18)2-3-11(8)19)7-29-5-4-23-15-13(29)6-12(25-27-15)14-24-16(28-26-14)17(20,21)22/h2-3,6H,4-5,7H2,1H3,(H,23,27)(H,24,26,28). The average Bonchev–Trinajstić information content (AvgIpc) is 3.19. The summed E-state index contributed by atoms with van der Waals surface area (Å²) in [6, 6.07) is 4.34. The monoisotopic (exact) mass is 427 g/mol. The molecular formula is C17H14ClF4N7. The van der Waals surface area contributed by atoms with Crippen LogP contribution < -0.4 is 10.2 Å². The molecule has 0 bridgehead atoms. The Balaban J connectivity index is 1.69. The number of nitrogens with zero attached hydrogens (tertiary/aromatic N) is 5. The molecule has 0 saturated carbocycles. The van der Waals surface area contributed by atoms with Gasteiger partial charge in [0.05, 0.1) is 5.69 Å². The van der Waals surface area contributed by atoms with Crippen LogP contribution in [0.25, 0.3) is 11.5 Å². The molecule has 12 heteroatoms. The molecule has 152 valence electrons. The molecule has 1 aromatic carbocycles. The van der Waals surface area contributed by atoms with E-state index in [1.165, 1.54) is 12.1 Å². The van der Waals surface area contributed by atoms with Crippen molar-refractivity contribution in [3.05, 3.63) is 46.0 Å². The highest BCUT2D eigenvalue weighted by Gasteiger charge is 2.35. The summed E-state index contributed by atoms with van der Waals surface area (Å²) in [7, 11) is 0. The molecule has 2 N–H and O–H groups in total. The van der Waals surface area contributed by atoms with Gasteiger partial charge >= 0.3 is 6.18 Å². The maximum atomic E-state index is 14.0. The van der Waals surface area contributed by atoms with Crippen LogP contribution >= 0.6 is 11.6 Å². The second-order valence-corrected chi connectivity index (χ2v) is 6.86. The molecular weight excluding hydrogens is 414 g/mol. The van der Waals surface area contributed by atoms with Crippen molar-refractivity contribution >= 4 is 23.1 Å². The van der Waals surface area contributed by atoms with Gasteiger partial charge in [0.25, 0.3) is 0 Å². The van der Waals surface area contributed by atoms with Crippen molar-refractivity contribution in [1.29, 1.82) is 0 Å². The molecule has 2 aromatic heterocycles. The number of hydrogen-bond acceptors (Lipinski definition) is 6. The minimum absolute atomic E-state index is 0.0752. The molecule has 0 aliphatic carbocycles. The minimum Gasteiger partial charge on any atom is -0.365 e. The third-order valence-corrected chi connectivity index (χ3v) is 4.95. The van der Waals surface area contributed by atoms with E-state index in [2.05, 4.69) is 25.6 Å². The van der Waals surface area contributed by atoms with E-state index in [0.29, 0.717) is 47.3 Å². The molecule has 0 saturated heterocycles. The molecule has 7 nitrogen and oxygen atoms in total. The summed E-state index contributed by atoms with van der Waals surface area (Å²) in [4.78, 5) is 5.34. The summed E-state index contributed by atoms with van der Waals surface area (Å²) in [5, 5.41) is 16.9. The van der Waals surface area contributed by atoms with Crippen LogP contribution in [0.3, 0.4) is 0 Å². The largest absolute Gasteiger partial charge is 0.451 e. The number of aromatic amines is 1. The fraction of sp³-hybridized carbons (Fsp3) is 0.294. The van der Waals surface area contributed by atoms with Crippen LogP contribution in [0, 0.1) is 12.7 Å². The van der Waals surface area contributed by atoms with Crippen molar-refractivity contribution in [2.75, 3.05) is 23.3 Å². The van der Waals surface area contributed by atoms with Gasteiger partial charge in [-0.15, -0.1) is 10.2 Å². The summed E-state index contributed by atoms with van der Waals surface area (Å²) in [5.74, 6) is -1.35. The normalized spacial score (nSPS) is 13.9. The molecule has 0 atom stereocenters. The number of rotatable bonds is 3. The van der Waals surface area contributed by atoms with Crippen LogP contribution in [0.1, 0.15) is 17.0 Å². The number of halogens is 5. The topological polar surface area (TPSA) is 82.6 Å². The summed E-state index contributed by atoms with van der Waals surface area (Å²) in [5.41, 5.74) is 1.71. The zero-order chi connectivity index (χ0) is 20.8. The van der Waals surface area contributed by atoms with Gasteiger partial charge in [-0.25, -0.2) is 9.37 Å². The smallest absolute Gasteiger partial charge is 0.365 e. The molecule has 4 rings (SSSR count). The third-order valence-electron chi connectivity index (χ3n) is 4.60. The van der Waals surface area contributed by atoms with E-state index in [4.69, 9.17) is 11.6 Å². The Kier molecular flexibility index (Phi) is 4.77. The number of anilines is 2. The number of benzene rings is 1. The van der Waals surface area contributed by atoms with E-state index in [0.717, 1.165) is 0 Å². The molecule has 0 radical (unpaired) electrons. The van der Waals surface area contributed by atoms with Gasteiger partial charge in [0, 0.05) is 24.7 Å². The van der Waals surface area contributed by atoms with Crippen molar-refractivity contribution < 1.29 is 17.6 Å². The van der Waals surface area contributed by atoms with E-state index in [-0.39, 0.29) is 17.3 Å². The van der Waals surface area contributed by atoms with Gasteiger partial charge < -0.3 is 10.2 Å². The highest BCUT2D eigenvalue weighted by Crippen LogP contribution is 2.33. The number of nitrogens with one attached hydrogen (secondary N) is 2. The van der Waals surface area contributed by atoms with Crippen LogP contribution in [0.4, 0.5) is 29.1 Å². The molecule has 0 fully saturated rings. The Bertz CT molecular complexity index is 1070. The van der Waals surface area contributed by atoms with Gasteiger partial charge in [0.15, 0.2) is 5.82 Å². The molecule has 0 unspecified atom stereocenters. The second kappa shape index (κ2) is 7.14. The number of aromatic nitrogens is 5. The number of hydrogen-bond donors (Lipinski definition) is 2. The van der Waals surface area contributed by atoms with Crippen LogP contribution in [0.15, 0.2) is 18.2 Å². The predicted molar refractivity (Wildman–Crippen MR) is 98.1 cm³/mol. The van der Waals surface area contributed by atoms with E-state index < -0.39 is 12.0 Å². The fourth-order valence-electron chi connectivity index (χ4n) is 3.04. The SMILES string of the molecule is Cc1c(F)ccc(Cl)c1CN1CCNc2nnc(-c3n[nH]c(C(F)(F)F)n3)cc21. The summed E-state index contributed by atoms with van der Waals surface area (Å²) in [6.45, 7) is 3.05. The first kappa shape index (κ1) is 19.4. The summed E-state index contributed by atoms with van der Waals surface area (Å²) in [6.07, 6.45) is -4.65. The zero-order valence-corrected chi connectivity index (χ0v) is 15.7. The Hall–Kier alpha value is -2.95. The maximum absolute atomic E-state index is 14.0. The predicted octanol–water partition coefficient (Wildman–Crippen LogP) is 3.81. The van der Waals surface area contributed by atoms with Crippen LogP contribution in [-0.2, 0) is 12.7 Å². The summed E-state index contributed by atoms with van der Waals surface area (Å²) < 4.78 is 52.3. The lowest BCUT2D eigenvalue weighted by molar-refractivity contribution is -0.144. The molecule has 1 aliphatic rings. The Morgan fingerprint density at radius 3 is 2.76 bits per heavy atom. The Morgan fingerprint density at radius 2 is 2.03 bits per heavy atom. The molecule has 0 amide bonds. The van der Waals surface area contributed by atoms with Crippen LogP contribution in [-0.4, -0.2) is 38.5 Å². The van der Waals surface area contributed by atoms with Gasteiger partial charge in [-0.3, -0.25) is 5.10 Å². The minimum atomic E-state index is -4.65. The van der Waals surface area contributed by atoms with Crippen molar-refractivity contribution in [2.45, 2.75) is 19.6 Å². The Morgan fingerprint density at radius 1 is 1.24 bits per heavy atom. The van der Waals surface area contributed by atoms with E-state index in [9.17, 15) is 17.6 Å². The lowest BCUT2D eigenvalue weighted by Crippen LogP contribution is -2.34. The number of H-pyrrole nitrogens is 1. The van der Waals surface area contributed by atoms with Gasteiger partial charge in [-0.2, -0.15) is 18.3 Å². The van der Waals surface area contributed by atoms with Gasteiger partial charge in [-0.05, 0) is 36.2 Å². The maximum Gasteiger partial charge on any atom is 0.451 e. The summed E-state index contributed by atoms with van der Waals surface area (Å²) >= 11 is 6.25. The zero-order valence-electron chi connectivity index (χ0n) is 15.0. The van der Waals surface area contributed by atoms with Crippen molar-refractivity contribution in [1.82, 2.24) is 25.4 Å². The van der Waals surface area contributed by atoms with Gasteiger partial charge in [-0.1, -0.05) is 11.6 Å². The lowest BCUT2D eigenvalue weighted by atomic mass is 10.1. The highest BCUT2D eigenvalue weighted by molar-refractivity contribution is 6.31. The van der Waals surface area contributed by atoms with E-state index in [1.54, 1.807) is 13.0 Å². The van der Waals surface area contributed by atoms with Crippen molar-refractivity contribution in [3.8, 4) is 11.5 Å². The van der Waals surface area contributed by atoms with E-state index in [1.807, 2.05) is 10.00 Å². The second-order valence-electron chi connectivity index (χ2n) is 6.45. The van der Waals surface area contributed by atoms with Gasteiger partial charge in [0.1, 0.15) is 11.5 Å². The fourth-order valence-corrected chi connectivity index (χ4v) is 3.30. The first-order chi connectivity index (χ1) is 13.7. The number of fused-ring (bicyclic) bond motifs is 1. The van der Waals surface area contributed by atoms with Crippen molar-refractivity contribution in [3.63, 3.8) is 0 Å². The number of alkyl halides is 3. The molecule has 3 heterocycles. The Labute approximate surface area is 167 Å². The molecule has 3 aromatic rings. The quantitative estimate of drug-likeness (QED) is 0.618. The highest BCUT2D eigenvalue weighted by atomic mass is 35.5. The van der Waals surface area contributed by atoms with Crippen molar-refractivity contribution in [2.24, 2.45) is 0 Å². The van der Waals surface area contributed by atoms with Crippen LogP contribution in [0.5, 0.6) is 0 Å². The first-order valence-electron chi connectivity index (χ1n) is 8.54. The molecule has 0 spiro atoms. The van der Waals surface area contributed by atoms with Gasteiger partial charge in [0.2, 0.25) is 11.6 Å². The molecule has 1 aliphatic heterocycles. The first-order valence-corrected chi connectivity index (χ1v) is 8.92. The van der Waals surface area contributed by atoms with E-state index >= 15 is 0 Å². The average molecular weight is 428 g/mol. The van der Waals surface area contributed by atoms with Crippen LogP contribution in [0.2, 0.25) is 5.02 Å². The molecule has 29 heavy (non-hydrogen) atoms. The lowest BCUT2D eigenvalue weighted by Gasteiger charge is -2.31.